The Morgan fingerprint density at radius 1 is 1.40 bits per heavy atom. The van der Waals surface area contributed by atoms with Crippen LogP contribution in [0.2, 0.25) is 0 Å². The molecule has 0 aromatic heterocycles. The number of nitrogens with one attached hydrogen (secondary N) is 1. The number of amides is 1. The Labute approximate surface area is 91.6 Å². The van der Waals surface area contributed by atoms with Gasteiger partial charge in [0.15, 0.2) is 0 Å². The molecule has 1 aliphatic carbocycles. The van der Waals surface area contributed by atoms with E-state index in [0.717, 1.165) is 25.7 Å². The maximum absolute atomic E-state index is 11.4. The van der Waals surface area contributed by atoms with E-state index in [1.165, 1.54) is 0 Å². The van der Waals surface area contributed by atoms with Crippen molar-refractivity contribution in [2.24, 2.45) is 5.92 Å². The molecule has 3 heteroatoms. The van der Waals surface area contributed by atoms with Crippen molar-refractivity contribution in [3.63, 3.8) is 0 Å². The first-order valence-electron chi connectivity index (χ1n) is 5.65. The normalized spacial score (nSPS) is 28.2. The van der Waals surface area contributed by atoms with Crippen LogP contribution in [0.25, 0.3) is 0 Å². The van der Waals surface area contributed by atoms with Crippen LogP contribution >= 0.6 is 0 Å². The van der Waals surface area contributed by atoms with Crippen molar-refractivity contribution in [3.05, 3.63) is 12.2 Å². The molecule has 3 nitrogen and oxygen atoms in total. The molecule has 1 rings (SSSR count). The van der Waals surface area contributed by atoms with Gasteiger partial charge in [0.05, 0.1) is 6.10 Å². The maximum Gasteiger partial charge on any atom is 0.246 e. The minimum absolute atomic E-state index is 0.0615. The highest BCUT2D eigenvalue weighted by Gasteiger charge is 2.24. The molecule has 0 saturated heterocycles. The van der Waals surface area contributed by atoms with Gasteiger partial charge in [0, 0.05) is 11.6 Å². The third kappa shape index (κ3) is 3.67. The molecule has 2 N–H and O–H groups in total. The minimum Gasteiger partial charge on any atom is -0.393 e. The van der Waals surface area contributed by atoms with Gasteiger partial charge in [0.1, 0.15) is 0 Å². The fraction of sp³-hybridized carbons (Fsp3) is 0.750. The molecular formula is C12H21NO2. The van der Waals surface area contributed by atoms with E-state index in [9.17, 15) is 9.90 Å². The summed E-state index contributed by atoms with van der Waals surface area (Å²) in [4.78, 5) is 11.4. The van der Waals surface area contributed by atoms with E-state index in [1.54, 1.807) is 6.92 Å². The topological polar surface area (TPSA) is 49.3 Å². The van der Waals surface area contributed by atoms with E-state index in [1.807, 2.05) is 6.92 Å². The van der Waals surface area contributed by atoms with Crippen LogP contribution in [0.5, 0.6) is 0 Å². The highest BCUT2D eigenvalue weighted by atomic mass is 16.3. The molecule has 1 atom stereocenters. The van der Waals surface area contributed by atoms with Crippen molar-refractivity contribution in [1.29, 1.82) is 0 Å². The second-order valence-electron chi connectivity index (χ2n) is 4.61. The van der Waals surface area contributed by atoms with Gasteiger partial charge in [-0.15, -0.1) is 0 Å². The van der Waals surface area contributed by atoms with Crippen molar-refractivity contribution in [2.75, 3.05) is 0 Å². The third-order valence-corrected chi connectivity index (χ3v) is 3.19. The van der Waals surface area contributed by atoms with Gasteiger partial charge in [-0.05, 0) is 45.4 Å². The Balaban J connectivity index is 2.37. The molecule has 0 aliphatic heterocycles. The number of carbonyl (C=O) groups excluding carboxylic acids is 1. The average Bonchev–Trinajstić information content (AvgIpc) is 2.18. The summed E-state index contributed by atoms with van der Waals surface area (Å²) in [6.45, 7) is 7.36. The van der Waals surface area contributed by atoms with Crippen LogP contribution in [0.3, 0.4) is 0 Å². The molecule has 15 heavy (non-hydrogen) atoms. The lowest BCUT2D eigenvalue weighted by molar-refractivity contribution is -0.118. The van der Waals surface area contributed by atoms with Crippen LogP contribution in [0.4, 0.5) is 0 Å². The monoisotopic (exact) mass is 211 g/mol. The highest BCUT2D eigenvalue weighted by molar-refractivity contribution is 5.92. The lowest BCUT2D eigenvalue weighted by Crippen LogP contribution is -2.40. The van der Waals surface area contributed by atoms with Gasteiger partial charge in [-0.25, -0.2) is 0 Å². The molecule has 0 bridgehead atoms. The van der Waals surface area contributed by atoms with Crippen molar-refractivity contribution in [3.8, 4) is 0 Å². The Bertz CT molecular complexity index is 242. The molecule has 1 fully saturated rings. The summed E-state index contributed by atoms with van der Waals surface area (Å²) in [7, 11) is 0. The molecule has 1 aliphatic rings. The molecule has 86 valence electrons. The van der Waals surface area contributed by atoms with Crippen LogP contribution in [-0.2, 0) is 4.79 Å². The van der Waals surface area contributed by atoms with Gasteiger partial charge in [-0.1, -0.05) is 6.58 Å². The first kappa shape index (κ1) is 12.2. The van der Waals surface area contributed by atoms with Crippen LogP contribution in [0.1, 0.15) is 39.5 Å². The lowest BCUT2D eigenvalue weighted by Gasteiger charge is -2.30. The molecule has 0 spiro atoms. The first-order valence-corrected chi connectivity index (χ1v) is 5.65. The molecule has 1 amide bonds. The van der Waals surface area contributed by atoms with Gasteiger partial charge in [0.2, 0.25) is 5.91 Å². The predicted molar refractivity (Wildman–Crippen MR) is 60.4 cm³/mol. The zero-order chi connectivity index (χ0) is 11.4. The lowest BCUT2D eigenvalue weighted by atomic mass is 9.83. The molecule has 1 saturated carbocycles. The Morgan fingerprint density at radius 2 is 1.93 bits per heavy atom. The SMILES string of the molecule is C=C(C)C(=O)NC(C)C1CCC(O)CC1. The second-order valence-corrected chi connectivity index (χ2v) is 4.61. The molecule has 0 aromatic rings. The summed E-state index contributed by atoms with van der Waals surface area (Å²) in [6, 6.07) is 0.182. The quantitative estimate of drug-likeness (QED) is 0.697. The standard InChI is InChI=1S/C12H21NO2/c1-8(2)12(15)13-9(3)10-4-6-11(14)7-5-10/h9-11,14H,1,4-7H2,2-3H3,(H,13,15). The third-order valence-electron chi connectivity index (χ3n) is 3.19. The van der Waals surface area contributed by atoms with Crippen molar-refractivity contribution < 1.29 is 9.90 Å². The summed E-state index contributed by atoms with van der Waals surface area (Å²) >= 11 is 0. The van der Waals surface area contributed by atoms with E-state index in [4.69, 9.17) is 0 Å². The van der Waals surface area contributed by atoms with Crippen LogP contribution in [0.15, 0.2) is 12.2 Å². The van der Waals surface area contributed by atoms with Crippen LogP contribution in [-0.4, -0.2) is 23.2 Å². The van der Waals surface area contributed by atoms with Crippen LogP contribution < -0.4 is 5.32 Å². The van der Waals surface area contributed by atoms with E-state index < -0.39 is 0 Å². The van der Waals surface area contributed by atoms with Gasteiger partial charge in [0.25, 0.3) is 0 Å². The minimum atomic E-state index is -0.134. The fourth-order valence-electron chi connectivity index (χ4n) is 2.05. The number of aliphatic hydroxyl groups is 1. The second kappa shape index (κ2) is 5.31. The number of rotatable bonds is 3. The zero-order valence-electron chi connectivity index (χ0n) is 9.62. The Hall–Kier alpha value is -0.830. The number of hydrogen-bond donors (Lipinski definition) is 2. The highest BCUT2D eigenvalue weighted by Crippen LogP contribution is 2.26. The summed E-state index contributed by atoms with van der Waals surface area (Å²) in [5.74, 6) is 0.435. The molecule has 0 aromatic carbocycles. The van der Waals surface area contributed by atoms with Crippen molar-refractivity contribution in [2.45, 2.75) is 51.7 Å². The maximum atomic E-state index is 11.4. The molecule has 0 heterocycles. The van der Waals surface area contributed by atoms with Gasteiger partial charge < -0.3 is 10.4 Å². The molecular weight excluding hydrogens is 190 g/mol. The largest absolute Gasteiger partial charge is 0.393 e. The van der Waals surface area contributed by atoms with E-state index >= 15 is 0 Å². The Morgan fingerprint density at radius 3 is 2.40 bits per heavy atom. The van der Waals surface area contributed by atoms with Crippen LogP contribution in [0, 0.1) is 5.92 Å². The molecule has 1 unspecified atom stereocenters. The number of carbonyl (C=O) groups is 1. The van der Waals surface area contributed by atoms with Gasteiger partial charge in [-0.2, -0.15) is 0 Å². The van der Waals surface area contributed by atoms with E-state index in [-0.39, 0.29) is 18.1 Å². The first-order chi connectivity index (χ1) is 7.00. The Kier molecular flexibility index (Phi) is 4.33. The smallest absolute Gasteiger partial charge is 0.246 e. The van der Waals surface area contributed by atoms with Crippen molar-refractivity contribution in [1.82, 2.24) is 5.32 Å². The number of aliphatic hydroxyl groups excluding tert-OH is 1. The summed E-state index contributed by atoms with van der Waals surface area (Å²) < 4.78 is 0. The fourth-order valence-corrected chi connectivity index (χ4v) is 2.05. The predicted octanol–water partition coefficient (Wildman–Crippen LogP) is 1.62. The average molecular weight is 211 g/mol. The van der Waals surface area contributed by atoms with E-state index in [0.29, 0.717) is 11.5 Å². The van der Waals surface area contributed by atoms with Gasteiger partial charge in [-0.3, -0.25) is 4.79 Å². The summed E-state index contributed by atoms with van der Waals surface area (Å²) in [6.07, 6.45) is 3.58. The summed E-state index contributed by atoms with van der Waals surface area (Å²) in [5, 5.41) is 12.3. The summed E-state index contributed by atoms with van der Waals surface area (Å²) in [5.41, 5.74) is 0.553. The van der Waals surface area contributed by atoms with E-state index in [2.05, 4.69) is 11.9 Å². The zero-order valence-corrected chi connectivity index (χ0v) is 9.62. The van der Waals surface area contributed by atoms with Gasteiger partial charge >= 0.3 is 0 Å². The molecule has 0 radical (unpaired) electrons. The van der Waals surface area contributed by atoms with Crippen molar-refractivity contribution >= 4 is 5.91 Å². The number of hydrogen-bond acceptors (Lipinski definition) is 2.